The van der Waals surface area contributed by atoms with E-state index in [2.05, 4.69) is 39.8 Å². The molecular formula is C26H39NO3. The second-order valence-corrected chi connectivity index (χ2v) is 9.60. The summed E-state index contributed by atoms with van der Waals surface area (Å²) in [5.41, 5.74) is 3.64. The second-order valence-electron chi connectivity index (χ2n) is 9.60. The quantitative estimate of drug-likeness (QED) is 0.433. The topological polar surface area (TPSA) is 57.6 Å². The summed E-state index contributed by atoms with van der Waals surface area (Å²) in [6.45, 7) is 13.5. The molecule has 0 saturated carbocycles. The molecule has 0 aromatic heterocycles. The van der Waals surface area contributed by atoms with Crippen LogP contribution in [-0.2, 0) is 9.59 Å². The zero-order valence-corrected chi connectivity index (χ0v) is 20.0. The Hall–Kier alpha value is -2.20. The van der Waals surface area contributed by atoms with Gasteiger partial charge in [0.15, 0.2) is 5.78 Å². The van der Waals surface area contributed by atoms with Crippen molar-refractivity contribution in [3.63, 3.8) is 0 Å². The Morgan fingerprint density at radius 1 is 1.17 bits per heavy atom. The number of hydrogen-bond acceptors (Lipinski definition) is 3. The summed E-state index contributed by atoms with van der Waals surface area (Å²) >= 11 is 0. The molecule has 1 rings (SSSR count). The average Bonchev–Trinajstić information content (AvgIpc) is 2.59. The number of nitrogens with zero attached hydrogens (tertiary/aromatic N) is 1. The highest BCUT2D eigenvalue weighted by Crippen LogP contribution is 2.40. The predicted octanol–water partition coefficient (Wildman–Crippen LogP) is 5.32. The Labute approximate surface area is 182 Å². The van der Waals surface area contributed by atoms with E-state index in [9.17, 15) is 14.7 Å². The van der Waals surface area contributed by atoms with Gasteiger partial charge in [-0.3, -0.25) is 9.59 Å². The summed E-state index contributed by atoms with van der Waals surface area (Å²) in [7, 11) is 1.55. The summed E-state index contributed by atoms with van der Waals surface area (Å²) in [6, 6.07) is 0. The summed E-state index contributed by atoms with van der Waals surface area (Å²) in [5, 5.41) is 9.71. The lowest BCUT2D eigenvalue weighted by atomic mass is 9.72. The maximum Gasteiger partial charge on any atom is 0.246 e. The molecule has 0 atom stereocenters. The predicted molar refractivity (Wildman–Crippen MR) is 125 cm³/mol. The number of hydrogen-bond donors (Lipinski definition) is 1. The summed E-state index contributed by atoms with van der Waals surface area (Å²) in [5.74, 6) is -0.658. The first-order valence-corrected chi connectivity index (χ1v) is 10.7. The van der Waals surface area contributed by atoms with Crippen molar-refractivity contribution in [2.75, 3.05) is 13.6 Å². The van der Waals surface area contributed by atoms with Crippen molar-refractivity contribution in [2.45, 2.75) is 73.3 Å². The molecule has 1 amide bonds. The number of likely N-dealkylation sites (N-methyl/N-ethyl adjacent to an activating group) is 1. The highest BCUT2D eigenvalue weighted by Gasteiger charge is 2.26. The molecule has 0 heterocycles. The number of amides is 1. The molecule has 0 aromatic rings. The lowest BCUT2D eigenvalue weighted by Crippen LogP contribution is -2.41. The largest absolute Gasteiger partial charge is 0.383 e. The van der Waals surface area contributed by atoms with E-state index in [4.69, 9.17) is 0 Å². The fraction of sp³-hybridized carbons (Fsp3) is 0.538. The van der Waals surface area contributed by atoms with Crippen molar-refractivity contribution < 1.29 is 14.7 Å². The standard InChI is InChI=1S/C26H39NO3/c1-19(14-15-22-21(3)13-10-16-25(22,4)5)11-9-12-20(2)17-24(29)27(8)18-23(28)26(6,7)30/h9,11-12,14-15,17,30H,10,13,16,18H2,1-8H3/b12-9+,15-14+,19-11-,20-17+. The van der Waals surface area contributed by atoms with Crippen LogP contribution in [0.15, 0.2) is 58.7 Å². The van der Waals surface area contributed by atoms with Crippen LogP contribution in [0.2, 0.25) is 0 Å². The van der Waals surface area contributed by atoms with Gasteiger partial charge < -0.3 is 10.0 Å². The van der Waals surface area contributed by atoms with E-state index >= 15 is 0 Å². The normalized spacial score (nSPS) is 18.4. The van der Waals surface area contributed by atoms with Gasteiger partial charge in [0.05, 0.1) is 6.54 Å². The smallest absolute Gasteiger partial charge is 0.246 e. The third-order valence-corrected chi connectivity index (χ3v) is 5.56. The lowest BCUT2D eigenvalue weighted by molar-refractivity contribution is -0.139. The van der Waals surface area contributed by atoms with Gasteiger partial charge in [-0.1, -0.05) is 55.4 Å². The van der Waals surface area contributed by atoms with E-state index < -0.39 is 11.4 Å². The van der Waals surface area contributed by atoms with Crippen molar-refractivity contribution >= 4 is 11.7 Å². The summed E-state index contributed by atoms with van der Waals surface area (Å²) in [4.78, 5) is 25.4. The number of rotatable bonds is 8. The van der Waals surface area contributed by atoms with Crippen LogP contribution in [0.4, 0.5) is 0 Å². The minimum Gasteiger partial charge on any atom is -0.383 e. The first-order valence-electron chi connectivity index (χ1n) is 10.7. The highest BCUT2D eigenvalue weighted by atomic mass is 16.3. The van der Waals surface area contributed by atoms with Crippen molar-refractivity contribution in [3.05, 3.63) is 58.7 Å². The van der Waals surface area contributed by atoms with Gasteiger partial charge in [0, 0.05) is 13.1 Å². The molecule has 30 heavy (non-hydrogen) atoms. The molecule has 4 heteroatoms. The molecule has 0 spiro atoms. The van der Waals surface area contributed by atoms with Gasteiger partial charge in [-0.25, -0.2) is 0 Å². The molecule has 166 valence electrons. The number of carbonyl (C=O) groups excluding carboxylic acids is 2. The van der Waals surface area contributed by atoms with Crippen molar-refractivity contribution in [3.8, 4) is 0 Å². The fourth-order valence-corrected chi connectivity index (χ4v) is 3.47. The number of ketones is 1. The SMILES string of the molecule is CC1=C(/C=C/C(C)=C\C=C\C(C)=C\C(=O)N(C)CC(=O)C(C)(C)O)C(C)(C)CCC1. The Morgan fingerprint density at radius 3 is 2.37 bits per heavy atom. The number of aliphatic hydroxyl groups is 1. The molecule has 0 radical (unpaired) electrons. The summed E-state index contributed by atoms with van der Waals surface area (Å²) < 4.78 is 0. The van der Waals surface area contributed by atoms with Crippen LogP contribution in [0.5, 0.6) is 0 Å². The molecule has 0 saturated heterocycles. The van der Waals surface area contributed by atoms with Crippen LogP contribution >= 0.6 is 0 Å². The van der Waals surface area contributed by atoms with Gasteiger partial charge in [0.1, 0.15) is 5.60 Å². The van der Waals surface area contributed by atoms with E-state index in [1.54, 1.807) is 7.05 Å². The van der Waals surface area contributed by atoms with Crippen molar-refractivity contribution in [1.29, 1.82) is 0 Å². The molecule has 0 aromatic carbocycles. The zero-order valence-electron chi connectivity index (χ0n) is 20.0. The number of Topliss-reactive ketones (excluding diaryl/α,β-unsaturated/α-hetero) is 1. The van der Waals surface area contributed by atoms with Gasteiger partial charge in [-0.15, -0.1) is 0 Å². The maximum atomic E-state index is 12.2. The van der Waals surface area contributed by atoms with E-state index in [1.807, 2.05) is 25.2 Å². The molecule has 0 aliphatic heterocycles. The van der Waals surface area contributed by atoms with E-state index in [1.165, 1.54) is 55.2 Å². The first kappa shape index (κ1) is 25.8. The van der Waals surface area contributed by atoms with Gasteiger partial charge >= 0.3 is 0 Å². The lowest BCUT2D eigenvalue weighted by Gasteiger charge is -2.32. The Balaban J connectivity index is 2.73. The molecule has 1 N–H and O–H groups in total. The monoisotopic (exact) mass is 413 g/mol. The van der Waals surface area contributed by atoms with Crippen LogP contribution in [0.3, 0.4) is 0 Å². The Morgan fingerprint density at radius 2 is 1.80 bits per heavy atom. The average molecular weight is 414 g/mol. The van der Waals surface area contributed by atoms with Gasteiger partial charge in [0.25, 0.3) is 0 Å². The van der Waals surface area contributed by atoms with Crippen LogP contribution < -0.4 is 0 Å². The molecule has 1 aliphatic carbocycles. The highest BCUT2D eigenvalue weighted by molar-refractivity contribution is 5.94. The molecule has 0 bridgehead atoms. The minimum absolute atomic E-state index is 0.120. The second kappa shape index (κ2) is 10.7. The van der Waals surface area contributed by atoms with Crippen LogP contribution in [-0.4, -0.2) is 40.9 Å². The van der Waals surface area contributed by atoms with Crippen LogP contribution in [0, 0.1) is 5.41 Å². The number of carbonyl (C=O) groups is 2. The Kier molecular flexibility index (Phi) is 9.23. The van der Waals surface area contributed by atoms with Crippen molar-refractivity contribution in [1.82, 2.24) is 4.90 Å². The van der Waals surface area contributed by atoms with Crippen LogP contribution in [0.25, 0.3) is 0 Å². The van der Waals surface area contributed by atoms with Crippen molar-refractivity contribution in [2.24, 2.45) is 5.41 Å². The molecule has 0 fully saturated rings. The van der Waals surface area contributed by atoms with E-state index in [0.717, 1.165) is 11.1 Å². The zero-order chi connectivity index (χ0) is 23.1. The molecule has 0 unspecified atom stereocenters. The van der Waals surface area contributed by atoms with Gasteiger partial charge in [-0.2, -0.15) is 0 Å². The summed E-state index contributed by atoms with van der Waals surface area (Å²) in [6.07, 6.45) is 15.4. The first-order chi connectivity index (χ1) is 13.7. The molecule has 4 nitrogen and oxygen atoms in total. The third kappa shape index (κ3) is 8.27. The third-order valence-electron chi connectivity index (χ3n) is 5.56. The Bertz CT molecular complexity index is 799. The van der Waals surface area contributed by atoms with Crippen LogP contribution in [0.1, 0.15) is 67.7 Å². The maximum absolute atomic E-state index is 12.2. The van der Waals surface area contributed by atoms with Gasteiger partial charge in [0.2, 0.25) is 5.91 Å². The minimum atomic E-state index is -1.44. The fourth-order valence-electron chi connectivity index (χ4n) is 3.47. The van der Waals surface area contributed by atoms with E-state index in [-0.39, 0.29) is 17.9 Å². The number of allylic oxidation sites excluding steroid dienone is 9. The van der Waals surface area contributed by atoms with E-state index in [0.29, 0.717) is 0 Å². The molecular weight excluding hydrogens is 374 g/mol. The molecule has 1 aliphatic rings. The van der Waals surface area contributed by atoms with Gasteiger partial charge in [-0.05, 0) is 70.4 Å².